The molecule has 2 aromatic carbocycles. The molecule has 6 nitrogen and oxygen atoms in total. The molecule has 1 N–H and O–H groups in total. The lowest BCUT2D eigenvalue weighted by Crippen LogP contribution is -2.35. The van der Waals surface area contributed by atoms with E-state index < -0.39 is 28.1 Å². The van der Waals surface area contributed by atoms with Crippen molar-refractivity contribution in [3.8, 4) is 0 Å². The zero-order valence-corrected chi connectivity index (χ0v) is 21.7. The van der Waals surface area contributed by atoms with Gasteiger partial charge in [-0.1, -0.05) is 30.7 Å². The molecular formula is C25H27ClF3N3O3S. The minimum atomic E-state index is -4.55. The number of carbonyl (C=O) groups excluding carboxylic acids is 2. The highest BCUT2D eigenvalue weighted by Gasteiger charge is 2.40. The predicted molar refractivity (Wildman–Crippen MR) is 137 cm³/mol. The van der Waals surface area contributed by atoms with E-state index in [2.05, 4.69) is 10.4 Å². The highest BCUT2D eigenvalue weighted by Crippen LogP contribution is 2.39. The summed E-state index contributed by atoms with van der Waals surface area (Å²) in [6.07, 6.45) is -0.923. The van der Waals surface area contributed by atoms with Crippen molar-refractivity contribution < 1.29 is 27.5 Å². The molecular weight excluding hydrogens is 515 g/mol. The van der Waals surface area contributed by atoms with Crippen molar-refractivity contribution in [2.45, 2.75) is 25.9 Å². The summed E-state index contributed by atoms with van der Waals surface area (Å²) < 4.78 is 44.3. The number of alkyl halides is 3. The molecule has 0 saturated heterocycles. The Morgan fingerprint density at radius 1 is 1.25 bits per heavy atom. The Hall–Kier alpha value is -2.72. The molecule has 1 aliphatic heterocycles. The standard InChI is InChI=1S/C25H27ClF3N3O3S/c1-24(10-5-11-36-3)15-32(14-21(33)30-18-7-4-6-17(12-18)23(34)35-2)31-22(24)16-8-9-19(20(26)13-16)25(27,28)29/h4,6-9,12-13H,5,10-11,14-15H2,1-3H3,(H,30,33). The second kappa shape index (κ2) is 11.6. The van der Waals surface area contributed by atoms with Crippen LogP contribution in [0.1, 0.15) is 41.3 Å². The Morgan fingerprint density at radius 3 is 2.64 bits per heavy atom. The maximum Gasteiger partial charge on any atom is 0.417 e. The third kappa shape index (κ3) is 6.73. The number of nitrogens with one attached hydrogen (secondary N) is 1. The number of carbonyl (C=O) groups is 2. The molecule has 3 rings (SSSR count). The molecule has 1 atom stereocenters. The summed E-state index contributed by atoms with van der Waals surface area (Å²) in [5, 5.41) is 8.60. The van der Waals surface area contributed by atoms with Gasteiger partial charge in [0.05, 0.1) is 29.0 Å². The van der Waals surface area contributed by atoms with Crippen molar-refractivity contribution in [3.05, 3.63) is 64.2 Å². The van der Waals surface area contributed by atoms with Crippen LogP contribution in [-0.2, 0) is 15.7 Å². The number of anilines is 1. The van der Waals surface area contributed by atoms with E-state index in [0.29, 0.717) is 29.1 Å². The van der Waals surface area contributed by atoms with Crippen molar-refractivity contribution in [3.63, 3.8) is 0 Å². The Balaban J connectivity index is 1.82. The number of amides is 1. The number of methoxy groups -OCH3 is 1. The van der Waals surface area contributed by atoms with Crippen LogP contribution in [0.2, 0.25) is 5.02 Å². The van der Waals surface area contributed by atoms with Gasteiger partial charge in [0, 0.05) is 17.6 Å². The zero-order chi connectivity index (χ0) is 26.5. The molecule has 0 spiro atoms. The second-order valence-electron chi connectivity index (χ2n) is 8.74. The molecule has 36 heavy (non-hydrogen) atoms. The zero-order valence-electron chi connectivity index (χ0n) is 20.1. The normalized spacial score (nSPS) is 17.6. The van der Waals surface area contributed by atoms with Gasteiger partial charge in [0.15, 0.2) is 0 Å². The summed E-state index contributed by atoms with van der Waals surface area (Å²) in [4.78, 5) is 24.5. The van der Waals surface area contributed by atoms with Crippen LogP contribution in [0.3, 0.4) is 0 Å². The average molecular weight is 542 g/mol. The van der Waals surface area contributed by atoms with Gasteiger partial charge in [-0.15, -0.1) is 0 Å². The van der Waals surface area contributed by atoms with Gasteiger partial charge in [-0.05, 0) is 60.7 Å². The van der Waals surface area contributed by atoms with Crippen LogP contribution in [0.5, 0.6) is 0 Å². The lowest BCUT2D eigenvalue weighted by Gasteiger charge is -2.27. The SMILES string of the molecule is COC(=O)c1cccc(NC(=O)CN2CC(C)(CCCSC)C(c3ccc(C(F)(F)F)c(Cl)c3)=N2)c1. The molecule has 1 aliphatic rings. The van der Waals surface area contributed by atoms with Gasteiger partial charge in [-0.2, -0.15) is 30.0 Å². The van der Waals surface area contributed by atoms with Gasteiger partial charge < -0.3 is 10.1 Å². The van der Waals surface area contributed by atoms with Crippen LogP contribution < -0.4 is 5.32 Å². The van der Waals surface area contributed by atoms with E-state index in [0.717, 1.165) is 24.7 Å². The molecule has 11 heteroatoms. The molecule has 0 fully saturated rings. The Labute approximate surface area is 217 Å². The fourth-order valence-corrected chi connectivity index (χ4v) is 4.90. The second-order valence-corrected chi connectivity index (χ2v) is 10.1. The molecule has 0 aliphatic carbocycles. The summed E-state index contributed by atoms with van der Waals surface area (Å²) in [7, 11) is 1.27. The van der Waals surface area contributed by atoms with Gasteiger partial charge in [0.25, 0.3) is 0 Å². The predicted octanol–water partition coefficient (Wildman–Crippen LogP) is 5.95. The quantitative estimate of drug-likeness (QED) is 0.314. The Bertz CT molecular complexity index is 1160. The van der Waals surface area contributed by atoms with Crippen molar-refractivity contribution in [1.29, 1.82) is 0 Å². The number of esters is 1. The van der Waals surface area contributed by atoms with E-state index in [-0.39, 0.29) is 12.5 Å². The number of ether oxygens (including phenoxy) is 1. The van der Waals surface area contributed by atoms with E-state index >= 15 is 0 Å². The number of hydrazone groups is 1. The van der Waals surface area contributed by atoms with Crippen molar-refractivity contribution in [2.75, 3.05) is 37.5 Å². The number of hydrogen-bond donors (Lipinski definition) is 1. The number of halogens is 4. The Morgan fingerprint density at radius 2 is 2.00 bits per heavy atom. The van der Waals surface area contributed by atoms with Crippen molar-refractivity contribution >= 4 is 46.6 Å². The number of benzene rings is 2. The number of nitrogens with zero attached hydrogens (tertiary/aromatic N) is 2. The molecule has 2 aromatic rings. The largest absolute Gasteiger partial charge is 0.465 e. The molecule has 0 aromatic heterocycles. The third-order valence-electron chi connectivity index (χ3n) is 5.86. The van der Waals surface area contributed by atoms with Crippen LogP contribution >= 0.6 is 23.4 Å². The van der Waals surface area contributed by atoms with Crippen LogP contribution in [0.15, 0.2) is 47.6 Å². The molecule has 1 heterocycles. The van der Waals surface area contributed by atoms with Gasteiger partial charge >= 0.3 is 12.1 Å². The first kappa shape index (κ1) is 27.9. The summed E-state index contributed by atoms with van der Waals surface area (Å²) >= 11 is 7.69. The molecule has 0 radical (unpaired) electrons. The van der Waals surface area contributed by atoms with E-state index in [1.54, 1.807) is 35.0 Å². The first-order valence-electron chi connectivity index (χ1n) is 11.1. The number of thioether (sulfide) groups is 1. The van der Waals surface area contributed by atoms with E-state index in [4.69, 9.17) is 16.3 Å². The smallest absolute Gasteiger partial charge is 0.417 e. The van der Waals surface area contributed by atoms with Gasteiger partial charge in [0.2, 0.25) is 5.91 Å². The lowest BCUT2D eigenvalue weighted by atomic mass is 9.78. The van der Waals surface area contributed by atoms with Crippen molar-refractivity contribution in [1.82, 2.24) is 5.01 Å². The monoisotopic (exact) mass is 541 g/mol. The van der Waals surface area contributed by atoms with Gasteiger partial charge in [0.1, 0.15) is 6.54 Å². The molecule has 0 saturated carbocycles. The maximum atomic E-state index is 13.2. The summed E-state index contributed by atoms with van der Waals surface area (Å²) in [5.74, 6) is 0.0585. The highest BCUT2D eigenvalue weighted by atomic mass is 35.5. The molecule has 1 unspecified atom stereocenters. The van der Waals surface area contributed by atoms with Crippen LogP contribution in [-0.4, -0.2) is 54.8 Å². The van der Waals surface area contributed by atoms with E-state index in [1.165, 1.54) is 25.3 Å². The summed E-state index contributed by atoms with van der Waals surface area (Å²) in [6.45, 7) is 2.35. The highest BCUT2D eigenvalue weighted by molar-refractivity contribution is 7.98. The van der Waals surface area contributed by atoms with Crippen molar-refractivity contribution in [2.24, 2.45) is 10.5 Å². The van der Waals surface area contributed by atoms with Gasteiger partial charge in [-0.3, -0.25) is 9.80 Å². The van der Waals surface area contributed by atoms with E-state index in [1.807, 2.05) is 13.2 Å². The summed E-state index contributed by atoms with van der Waals surface area (Å²) in [6, 6.07) is 10.0. The van der Waals surface area contributed by atoms with Gasteiger partial charge in [-0.25, -0.2) is 4.79 Å². The molecule has 1 amide bonds. The fourth-order valence-electron chi connectivity index (χ4n) is 4.18. The first-order valence-corrected chi connectivity index (χ1v) is 12.9. The van der Waals surface area contributed by atoms with Crippen LogP contribution in [0, 0.1) is 5.41 Å². The number of rotatable bonds is 9. The van der Waals surface area contributed by atoms with Crippen LogP contribution in [0.25, 0.3) is 0 Å². The topological polar surface area (TPSA) is 71.0 Å². The summed E-state index contributed by atoms with van der Waals surface area (Å²) in [5.41, 5.74) is 0.444. The first-order chi connectivity index (χ1) is 17.0. The molecule has 0 bridgehead atoms. The lowest BCUT2D eigenvalue weighted by molar-refractivity contribution is -0.137. The fraction of sp³-hybridized carbons (Fsp3) is 0.400. The van der Waals surface area contributed by atoms with Crippen LogP contribution in [0.4, 0.5) is 18.9 Å². The Kier molecular flexibility index (Phi) is 8.94. The molecule has 194 valence electrons. The minimum absolute atomic E-state index is 0.0710. The number of hydrogen-bond acceptors (Lipinski definition) is 6. The minimum Gasteiger partial charge on any atom is -0.465 e. The average Bonchev–Trinajstić information content (AvgIpc) is 3.13. The maximum absolute atomic E-state index is 13.2. The van der Waals surface area contributed by atoms with E-state index in [9.17, 15) is 22.8 Å². The third-order valence-corrected chi connectivity index (χ3v) is 6.87.